The lowest BCUT2D eigenvalue weighted by Crippen LogP contribution is -2.36. The molecule has 1 rings (SSSR count). The van der Waals surface area contributed by atoms with E-state index in [4.69, 9.17) is 0 Å². The Morgan fingerprint density at radius 2 is 2.00 bits per heavy atom. The highest BCUT2D eigenvalue weighted by molar-refractivity contribution is 4.75. The monoisotopic (exact) mass is 141 g/mol. The lowest BCUT2D eigenvalue weighted by molar-refractivity contribution is 0.301. The molecule has 0 bridgehead atoms. The first kappa shape index (κ1) is 8.02. The molecule has 1 aliphatic heterocycles. The molecule has 1 fully saturated rings. The van der Waals surface area contributed by atoms with Crippen LogP contribution in [0.4, 0.5) is 0 Å². The molecule has 1 heterocycles. The molecule has 1 N–H and O–H groups in total. The fourth-order valence-electron chi connectivity index (χ4n) is 1.51. The van der Waals surface area contributed by atoms with Crippen LogP contribution < -0.4 is 10.6 Å². The van der Waals surface area contributed by atoms with Crippen molar-refractivity contribution in [3.63, 3.8) is 0 Å². The highest BCUT2D eigenvalue weighted by Gasteiger charge is 2.18. The molecule has 0 aliphatic carbocycles. The van der Waals surface area contributed by atoms with Crippen molar-refractivity contribution < 1.29 is 0 Å². The van der Waals surface area contributed by atoms with Crippen LogP contribution >= 0.6 is 0 Å². The first-order chi connectivity index (χ1) is 4.84. The minimum absolute atomic E-state index is 0.676. The van der Waals surface area contributed by atoms with Gasteiger partial charge in [-0.1, -0.05) is 0 Å². The number of piperidine rings is 1. The van der Waals surface area contributed by atoms with Crippen LogP contribution in [0.5, 0.6) is 0 Å². The van der Waals surface area contributed by atoms with Crippen molar-refractivity contribution in [2.45, 2.75) is 25.8 Å². The largest absolute Gasteiger partial charge is 0.317 e. The summed E-state index contributed by atoms with van der Waals surface area (Å²) in [5.74, 6) is 0.863. The molecule has 2 heteroatoms. The molecule has 1 aliphatic rings. The lowest BCUT2D eigenvalue weighted by Gasteiger charge is -2.26. The van der Waals surface area contributed by atoms with Gasteiger partial charge >= 0.3 is 0 Å². The highest BCUT2D eigenvalue weighted by atomic mass is 14.9. The van der Waals surface area contributed by atoms with Crippen molar-refractivity contribution in [2.24, 2.45) is 5.92 Å². The second-order valence-electron chi connectivity index (χ2n) is 3.09. The minimum atomic E-state index is 0.676. The second kappa shape index (κ2) is 3.94. The summed E-state index contributed by atoms with van der Waals surface area (Å²) in [5, 5.41) is 7.61. The zero-order valence-corrected chi connectivity index (χ0v) is 6.93. The van der Waals surface area contributed by atoms with Crippen LogP contribution in [0.15, 0.2) is 0 Å². The SMILES string of the molecule is CNC(C)C1CC[N]CC1. The van der Waals surface area contributed by atoms with Gasteiger partial charge in [-0.3, -0.25) is 0 Å². The Morgan fingerprint density at radius 1 is 1.40 bits per heavy atom. The molecule has 0 saturated carbocycles. The highest BCUT2D eigenvalue weighted by Crippen LogP contribution is 2.15. The van der Waals surface area contributed by atoms with Crippen LogP contribution in [-0.4, -0.2) is 26.2 Å². The van der Waals surface area contributed by atoms with Gasteiger partial charge in [0.25, 0.3) is 0 Å². The summed E-state index contributed by atoms with van der Waals surface area (Å²) in [7, 11) is 2.04. The van der Waals surface area contributed by atoms with Crippen molar-refractivity contribution in [3.8, 4) is 0 Å². The third-order valence-corrected chi connectivity index (χ3v) is 2.48. The van der Waals surface area contributed by atoms with E-state index in [0.717, 1.165) is 19.0 Å². The van der Waals surface area contributed by atoms with Gasteiger partial charge in [0, 0.05) is 19.1 Å². The Bertz CT molecular complexity index is 87.3. The molecule has 59 valence electrons. The second-order valence-corrected chi connectivity index (χ2v) is 3.09. The fourth-order valence-corrected chi connectivity index (χ4v) is 1.51. The van der Waals surface area contributed by atoms with Crippen molar-refractivity contribution in [3.05, 3.63) is 0 Å². The summed E-state index contributed by atoms with van der Waals surface area (Å²) in [6.07, 6.45) is 2.56. The summed E-state index contributed by atoms with van der Waals surface area (Å²) in [6.45, 7) is 4.42. The Labute approximate surface area is 63.4 Å². The third-order valence-electron chi connectivity index (χ3n) is 2.48. The van der Waals surface area contributed by atoms with E-state index in [1.54, 1.807) is 0 Å². The van der Waals surface area contributed by atoms with Crippen molar-refractivity contribution in [1.82, 2.24) is 10.6 Å². The number of rotatable bonds is 2. The van der Waals surface area contributed by atoms with Crippen molar-refractivity contribution in [1.29, 1.82) is 0 Å². The van der Waals surface area contributed by atoms with Gasteiger partial charge < -0.3 is 5.32 Å². The van der Waals surface area contributed by atoms with E-state index < -0.39 is 0 Å². The van der Waals surface area contributed by atoms with Crippen LogP contribution in [-0.2, 0) is 0 Å². The van der Waals surface area contributed by atoms with Gasteiger partial charge in [-0.15, -0.1) is 0 Å². The maximum atomic E-state index is 4.32. The lowest BCUT2D eigenvalue weighted by atomic mass is 9.91. The molecule has 0 aromatic carbocycles. The maximum absolute atomic E-state index is 4.32. The smallest absolute Gasteiger partial charge is 0.0136 e. The van der Waals surface area contributed by atoms with E-state index in [1.807, 2.05) is 7.05 Å². The topological polar surface area (TPSA) is 26.1 Å². The van der Waals surface area contributed by atoms with E-state index in [2.05, 4.69) is 17.6 Å². The molecular weight excluding hydrogens is 124 g/mol. The first-order valence-corrected chi connectivity index (χ1v) is 4.15. The Kier molecular flexibility index (Phi) is 3.16. The van der Waals surface area contributed by atoms with E-state index in [9.17, 15) is 0 Å². The van der Waals surface area contributed by atoms with E-state index in [1.165, 1.54) is 12.8 Å². The van der Waals surface area contributed by atoms with Crippen molar-refractivity contribution in [2.75, 3.05) is 20.1 Å². The summed E-state index contributed by atoms with van der Waals surface area (Å²) < 4.78 is 0. The standard InChI is InChI=1S/C8H17N2/c1-7(9-2)8-3-5-10-6-4-8/h7-9H,3-6H2,1-2H3. The Morgan fingerprint density at radius 3 is 2.50 bits per heavy atom. The van der Waals surface area contributed by atoms with Crippen molar-refractivity contribution >= 4 is 0 Å². The van der Waals surface area contributed by atoms with Gasteiger partial charge in [-0.05, 0) is 32.7 Å². The van der Waals surface area contributed by atoms with Gasteiger partial charge in [-0.25, -0.2) is 5.32 Å². The molecule has 2 nitrogen and oxygen atoms in total. The quantitative estimate of drug-likeness (QED) is 0.599. The first-order valence-electron chi connectivity index (χ1n) is 4.15. The van der Waals surface area contributed by atoms with Crippen LogP contribution in [0.3, 0.4) is 0 Å². The Balaban J connectivity index is 2.24. The normalized spacial score (nSPS) is 24.6. The molecule has 1 saturated heterocycles. The average molecular weight is 141 g/mol. The van der Waals surface area contributed by atoms with Gasteiger partial charge in [0.2, 0.25) is 0 Å². The summed E-state index contributed by atoms with van der Waals surface area (Å²) in [5.41, 5.74) is 0. The molecule has 1 atom stereocenters. The number of hydrogen-bond acceptors (Lipinski definition) is 1. The number of hydrogen-bond donors (Lipinski definition) is 1. The zero-order chi connectivity index (χ0) is 7.40. The number of nitrogens with one attached hydrogen (secondary N) is 1. The molecule has 0 aromatic rings. The Hall–Kier alpha value is -0.0800. The molecule has 10 heavy (non-hydrogen) atoms. The van der Waals surface area contributed by atoms with Crippen LogP contribution in [0.25, 0.3) is 0 Å². The molecular formula is C8H17N2. The average Bonchev–Trinajstić information content (AvgIpc) is 2.05. The van der Waals surface area contributed by atoms with Gasteiger partial charge in [0.1, 0.15) is 0 Å². The van der Waals surface area contributed by atoms with E-state index >= 15 is 0 Å². The van der Waals surface area contributed by atoms with Crippen LogP contribution in [0, 0.1) is 5.92 Å². The molecule has 1 radical (unpaired) electrons. The molecule has 0 spiro atoms. The summed E-state index contributed by atoms with van der Waals surface area (Å²) in [6, 6.07) is 0.676. The van der Waals surface area contributed by atoms with Gasteiger partial charge in [0.05, 0.1) is 0 Å². The molecule has 0 amide bonds. The maximum Gasteiger partial charge on any atom is 0.0136 e. The van der Waals surface area contributed by atoms with Crippen LogP contribution in [0.2, 0.25) is 0 Å². The van der Waals surface area contributed by atoms with Gasteiger partial charge in [0.15, 0.2) is 0 Å². The van der Waals surface area contributed by atoms with Gasteiger partial charge in [-0.2, -0.15) is 0 Å². The third kappa shape index (κ3) is 1.96. The minimum Gasteiger partial charge on any atom is -0.317 e. The summed E-state index contributed by atoms with van der Waals surface area (Å²) >= 11 is 0. The predicted molar refractivity (Wildman–Crippen MR) is 43.1 cm³/mol. The van der Waals surface area contributed by atoms with E-state index in [-0.39, 0.29) is 0 Å². The predicted octanol–water partition coefficient (Wildman–Crippen LogP) is 0.609. The molecule has 1 unspecified atom stereocenters. The van der Waals surface area contributed by atoms with Crippen LogP contribution in [0.1, 0.15) is 19.8 Å². The van der Waals surface area contributed by atoms with E-state index in [0.29, 0.717) is 6.04 Å². The zero-order valence-electron chi connectivity index (χ0n) is 6.93. The number of nitrogens with zero attached hydrogens (tertiary/aromatic N) is 1. The molecule has 0 aromatic heterocycles. The summed E-state index contributed by atoms with van der Waals surface area (Å²) in [4.78, 5) is 0. The fraction of sp³-hybridized carbons (Fsp3) is 1.00.